The van der Waals surface area contributed by atoms with Crippen LogP contribution in [0.3, 0.4) is 0 Å². The molecule has 0 radical (unpaired) electrons. The van der Waals surface area contributed by atoms with Crippen LogP contribution in [0.5, 0.6) is 0 Å². The smallest absolute Gasteiger partial charge is 0.133 e. The second-order valence-corrected chi connectivity index (χ2v) is 5.20. The van der Waals surface area contributed by atoms with Gasteiger partial charge in [-0.2, -0.15) is 0 Å². The van der Waals surface area contributed by atoms with Gasteiger partial charge in [0.1, 0.15) is 5.82 Å². The highest BCUT2D eigenvalue weighted by molar-refractivity contribution is 5.50. The van der Waals surface area contributed by atoms with Crippen LogP contribution in [0.4, 0.5) is 5.82 Å². The molecule has 0 aliphatic heterocycles. The van der Waals surface area contributed by atoms with Gasteiger partial charge in [-0.15, -0.1) is 0 Å². The van der Waals surface area contributed by atoms with E-state index in [-0.39, 0.29) is 0 Å². The zero-order valence-corrected chi connectivity index (χ0v) is 11.8. The molecular formula is C15H25N3. The molecule has 1 atom stereocenters. The van der Waals surface area contributed by atoms with Gasteiger partial charge in [-0.3, -0.25) is 0 Å². The van der Waals surface area contributed by atoms with Gasteiger partial charge in [-0.05, 0) is 39.3 Å². The minimum absolute atomic E-state index is 0.358. The highest BCUT2D eigenvalue weighted by Gasteiger charge is 2.31. The molecule has 0 amide bonds. The van der Waals surface area contributed by atoms with Crippen molar-refractivity contribution in [1.82, 2.24) is 10.3 Å². The molecule has 1 aromatic heterocycles. The highest BCUT2D eigenvalue weighted by Crippen LogP contribution is 2.34. The molecule has 1 fully saturated rings. The maximum absolute atomic E-state index is 4.65. The van der Waals surface area contributed by atoms with Crippen molar-refractivity contribution >= 4 is 5.82 Å². The van der Waals surface area contributed by atoms with Crippen molar-refractivity contribution in [3.8, 4) is 0 Å². The number of nitrogens with zero attached hydrogens (tertiary/aromatic N) is 2. The van der Waals surface area contributed by atoms with E-state index < -0.39 is 0 Å². The molecule has 2 rings (SSSR count). The van der Waals surface area contributed by atoms with Crippen molar-refractivity contribution in [2.75, 3.05) is 18.5 Å². The second kappa shape index (κ2) is 6.19. The van der Waals surface area contributed by atoms with E-state index in [1.807, 2.05) is 19.3 Å². The third kappa shape index (κ3) is 3.02. The average molecular weight is 247 g/mol. The molecule has 3 nitrogen and oxygen atoms in total. The Labute approximate surface area is 111 Å². The van der Waals surface area contributed by atoms with Gasteiger partial charge in [0.2, 0.25) is 0 Å². The fourth-order valence-electron chi connectivity index (χ4n) is 2.32. The summed E-state index contributed by atoms with van der Waals surface area (Å²) in [6.45, 7) is 5.59. The van der Waals surface area contributed by atoms with Crippen LogP contribution >= 0.6 is 0 Å². The van der Waals surface area contributed by atoms with Gasteiger partial charge in [0, 0.05) is 30.4 Å². The topological polar surface area (TPSA) is 28.2 Å². The Morgan fingerprint density at radius 1 is 1.50 bits per heavy atom. The summed E-state index contributed by atoms with van der Waals surface area (Å²) in [6, 6.07) is 5.33. The first-order valence-corrected chi connectivity index (χ1v) is 7.16. The van der Waals surface area contributed by atoms with E-state index in [0.29, 0.717) is 6.04 Å². The van der Waals surface area contributed by atoms with Crippen molar-refractivity contribution in [1.29, 1.82) is 0 Å². The maximum atomic E-state index is 4.65. The molecule has 1 aromatic rings. The molecule has 18 heavy (non-hydrogen) atoms. The molecule has 1 aliphatic rings. The third-order valence-corrected chi connectivity index (χ3v) is 3.73. The lowest BCUT2D eigenvalue weighted by atomic mass is 10.1. The zero-order chi connectivity index (χ0) is 13.0. The van der Waals surface area contributed by atoms with Crippen LogP contribution in [0.1, 0.15) is 51.1 Å². The van der Waals surface area contributed by atoms with Crippen molar-refractivity contribution in [2.24, 2.45) is 0 Å². The molecule has 1 N–H and O–H groups in total. The van der Waals surface area contributed by atoms with Gasteiger partial charge in [-0.25, -0.2) is 4.98 Å². The van der Waals surface area contributed by atoms with Gasteiger partial charge in [-0.1, -0.05) is 19.4 Å². The molecule has 0 bridgehead atoms. The Kier molecular flexibility index (Phi) is 4.59. The van der Waals surface area contributed by atoms with Crippen molar-refractivity contribution in [3.05, 3.63) is 23.9 Å². The van der Waals surface area contributed by atoms with Crippen molar-refractivity contribution in [3.63, 3.8) is 0 Å². The first-order chi connectivity index (χ1) is 8.77. The number of pyridine rings is 1. The Bertz CT molecular complexity index is 374. The number of unbranched alkanes of at least 4 members (excludes halogenated alkanes) is 1. The van der Waals surface area contributed by atoms with Crippen LogP contribution in [-0.4, -0.2) is 24.6 Å². The van der Waals surface area contributed by atoms with Gasteiger partial charge in [0.25, 0.3) is 0 Å². The Balaban J connectivity index is 2.22. The molecule has 0 spiro atoms. The summed E-state index contributed by atoms with van der Waals surface area (Å²) < 4.78 is 0. The van der Waals surface area contributed by atoms with Gasteiger partial charge in [0.05, 0.1) is 0 Å². The van der Waals surface area contributed by atoms with Crippen molar-refractivity contribution in [2.45, 2.75) is 51.6 Å². The Morgan fingerprint density at radius 2 is 2.28 bits per heavy atom. The van der Waals surface area contributed by atoms with Crippen LogP contribution in [0.25, 0.3) is 0 Å². The lowest BCUT2D eigenvalue weighted by Crippen LogP contribution is -2.30. The van der Waals surface area contributed by atoms with Crippen LogP contribution < -0.4 is 10.2 Å². The normalized spacial score (nSPS) is 16.6. The fourth-order valence-corrected chi connectivity index (χ4v) is 2.32. The number of aromatic nitrogens is 1. The summed E-state index contributed by atoms with van der Waals surface area (Å²) in [5, 5.41) is 3.33. The molecule has 3 heteroatoms. The van der Waals surface area contributed by atoms with E-state index in [0.717, 1.165) is 12.6 Å². The molecule has 100 valence electrons. The first-order valence-electron chi connectivity index (χ1n) is 7.16. The summed E-state index contributed by atoms with van der Waals surface area (Å²) in [4.78, 5) is 7.17. The Hall–Kier alpha value is -1.09. The lowest BCUT2D eigenvalue weighted by molar-refractivity contribution is 0.635. The summed E-state index contributed by atoms with van der Waals surface area (Å²) in [7, 11) is 2.01. The van der Waals surface area contributed by atoms with E-state index in [4.69, 9.17) is 0 Å². The number of nitrogens with one attached hydrogen (secondary N) is 1. The predicted octanol–water partition coefficient (Wildman–Crippen LogP) is 3.13. The molecule has 0 aromatic carbocycles. The molecule has 1 heterocycles. The van der Waals surface area contributed by atoms with E-state index in [1.165, 1.54) is 37.1 Å². The second-order valence-electron chi connectivity index (χ2n) is 5.20. The highest BCUT2D eigenvalue weighted by atomic mass is 15.2. The van der Waals surface area contributed by atoms with E-state index in [1.54, 1.807) is 0 Å². The zero-order valence-electron chi connectivity index (χ0n) is 11.8. The molecule has 1 unspecified atom stereocenters. The third-order valence-electron chi connectivity index (χ3n) is 3.73. The average Bonchev–Trinajstić information content (AvgIpc) is 3.23. The summed E-state index contributed by atoms with van der Waals surface area (Å²) in [5.74, 6) is 1.19. The van der Waals surface area contributed by atoms with E-state index in [2.05, 4.69) is 35.1 Å². The Morgan fingerprint density at radius 3 is 2.89 bits per heavy atom. The minimum atomic E-state index is 0.358. The summed E-state index contributed by atoms with van der Waals surface area (Å²) >= 11 is 0. The van der Waals surface area contributed by atoms with Crippen LogP contribution in [0.2, 0.25) is 0 Å². The monoisotopic (exact) mass is 247 g/mol. The molecule has 1 saturated carbocycles. The van der Waals surface area contributed by atoms with Gasteiger partial charge < -0.3 is 10.2 Å². The van der Waals surface area contributed by atoms with E-state index >= 15 is 0 Å². The van der Waals surface area contributed by atoms with Crippen LogP contribution in [0.15, 0.2) is 18.3 Å². The fraction of sp³-hybridized carbons (Fsp3) is 0.667. The SMILES string of the molecule is CCCCN(c1ncccc1C(C)NC)C1CC1. The summed E-state index contributed by atoms with van der Waals surface area (Å²) in [6.07, 6.45) is 7.07. The predicted molar refractivity (Wildman–Crippen MR) is 77.0 cm³/mol. The standard InChI is InChI=1S/C15H25N3/c1-4-5-11-18(13-8-9-13)15-14(12(2)16-3)7-6-10-17-15/h6-7,10,12-13,16H,4-5,8-9,11H2,1-3H3. The molecule has 1 aliphatic carbocycles. The summed E-state index contributed by atoms with van der Waals surface area (Å²) in [5.41, 5.74) is 1.32. The largest absolute Gasteiger partial charge is 0.353 e. The lowest BCUT2D eigenvalue weighted by Gasteiger charge is -2.27. The van der Waals surface area contributed by atoms with Gasteiger partial charge >= 0.3 is 0 Å². The molecular weight excluding hydrogens is 222 g/mol. The van der Waals surface area contributed by atoms with Crippen molar-refractivity contribution < 1.29 is 0 Å². The van der Waals surface area contributed by atoms with E-state index in [9.17, 15) is 0 Å². The maximum Gasteiger partial charge on any atom is 0.133 e. The minimum Gasteiger partial charge on any atom is -0.353 e. The van der Waals surface area contributed by atoms with Crippen LogP contribution in [0, 0.1) is 0 Å². The quantitative estimate of drug-likeness (QED) is 0.802. The number of hydrogen-bond acceptors (Lipinski definition) is 3. The first kappa shape index (κ1) is 13.3. The number of anilines is 1. The van der Waals surface area contributed by atoms with Gasteiger partial charge in [0.15, 0.2) is 0 Å². The molecule has 0 saturated heterocycles. The number of rotatable bonds is 7. The number of hydrogen-bond donors (Lipinski definition) is 1. The van der Waals surface area contributed by atoms with Crippen LogP contribution in [-0.2, 0) is 0 Å².